The summed E-state index contributed by atoms with van der Waals surface area (Å²) in [5.41, 5.74) is -0.544. The second kappa shape index (κ2) is 7.75. The first kappa shape index (κ1) is 19.5. The van der Waals surface area contributed by atoms with Gasteiger partial charge in [0.15, 0.2) is 11.6 Å². The third-order valence-electron chi connectivity index (χ3n) is 5.02. The van der Waals surface area contributed by atoms with Crippen LogP contribution in [0.1, 0.15) is 30.1 Å². The van der Waals surface area contributed by atoms with Crippen molar-refractivity contribution in [2.45, 2.75) is 24.5 Å². The second-order valence-electron chi connectivity index (χ2n) is 6.76. The first-order valence-corrected chi connectivity index (χ1v) is 8.63. The van der Waals surface area contributed by atoms with Gasteiger partial charge in [0.1, 0.15) is 5.82 Å². The van der Waals surface area contributed by atoms with Crippen LogP contribution in [0.4, 0.5) is 8.78 Å². The summed E-state index contributed by atoms with van der Waals surface area (Å²) in [4.78, 5) is 5.99. The molecule has 1 fully saturated rings. The number of nitrogens with zero attached hydrogens (tertiary/aromatic N) is 2. The zero-order valence-corrected chi connectivity index (χ0v) is 14.9. The molecular formula is C19H22F2N2O4. The third kappa shape index (κ3) is 4.18. The van der Waals surface area contributed by atoms with E-state index in [4.69, 9.17) is 4.74 Å². The van der Waals surface area contributed by atoms with Crippen LogP contribution in [0.5, 0.6) is 11.6 Å². The molecule has 1 aliphatic rings. The Morgan fingerprint density at radius 2 is 1.93 bits per heavy atom. The lowest BCUT2D eigenvalue weighted by atomic mass is 9.85. The van der Waals surface area contributed by atoms with Crippen molar-refractivity contribution in [3.63, 3.8) is 0 Å². The molecule has 0 amide bonds. The highest BCUT2D eigenvalue weighted by Crippen LogP contribution is 2.34. The summed E-state index contributed by atoms with van der Waals surface area (Å²) >= 11 is 0. The predicted octanol–water partition coefficient (Wildman–Crippen LogP) is 2.09. The molecule has 6 nitrogen and oxygen atoms in total. The van der Waals surface area contributed by atoms with E-state index in [1.165, 1.54) is 7.11 Å². The van der Waals surface area contributed by atoms with Crippen LogP contribution < -0.4 is 4.74 Å². The van der Waals surface area contributed by atoms with Crippen molar-refractivity contribution >= 4 is 0 Å². The Bertz CT molecular complexity index is 793. The van der Waals surface area contributed by atoms with Crippen molar-refractivity contribution < 1.29 is 28.8 Å². The number of likely N-dealkylation sites (tertiary alicyclic amines) is 1. The van der Waals surface area contributed by atoms with E-state index in [0.717, 1.165) is 6.07 Å². The molecule has 8 heteroatoms. The lowest BCUT2D eigenvalue weighted by Crippen LogP contribution is -2.44. The molecule has 0 radical (unpaired) electrons. The Morgan fingerprint density at radius 3 is 2.52 bits per heavy atom. The topological polar surface area (TPSA) is 86.1 Å². The molecule has 2 aromatic rings. The van der Waals surface area contributed by atoms with E-state index < -0.39 is 29.1 Å². The molecule has 1 aromatic heterocycles. The number of aromatic hydroxyl groups is 1. The Kier molecular flexibility index (Phi) is 5.59. The Hall–Kier alpha value is -2.29. The SMILES string of the molecule is COc1ccc(C2(O)CCN(CC(O)c3cc(F)c(O)cc3F)CC2)cn1. The summed E-state index contributed by atoms with van der Waals surface area (Å²) in [6.07, 6.45) is 1.17. The largest absolute Gasteiger partial charge is 0.505 e. The third-order valence-corrected chi connectivity index (χ3v) is 5.02. The van der Waals surface area contributed by atoms with Gasteiger partial charge in [-0.3, -0.25) is 0 Å². The average molecular weight is 380 g/mol. The van der Waals surface area contributed by atoms with E-state index >= 15 is 0 Å². The molecule has 0 bridgehead atoms. The van der Waals surface area contributed by atoms with Crippen LogP contribution in [0.25, 0.3) is 0 Å². The predicted molar refractivity (Wildman–Crippen MR) is 93.3 cm³/mol. The normalized spacial score (nSPS) is 18.3. The molecule has 0 spiro atoms. The van der Waals surface area contributed by atoms with Gasteiger partial charge in [0, 0.05) is 49.1 Å². The van der Waals surface area contributed by atoms with Crippen molar-refractivity contribution in [3.05, 3.63) is 53.2 Å². The number of aromatic nitrogens is 1. The van der Waals surface area contributed by atoms with Crippen LogP contribution in [-0.4, -0.2) is 51.9 Å². The summed E-state index contributed by atoms with van der Waals surface area (Å²) in [6, 6.07) is 4.91. The standard InChI is InChI=1S/C19H22F2N2O4/c1-27-18-3-2-12(10-22-18)19(26)4-6-23(7-5-19)11-17(25)13-8-15(21)16(24)9-14(13)20/h2-3,8-10,17,24-26H,4-7,11H2,1H3. The highest BCUT2D eigenvalue weighted by Gasteiger charge is 2.35. The number of methoxy groups -OCH3 is 1. The van der Waals surface area contributed by atoms with Gasteiger partial charge in [-0.05, 0) is 25.0 Å². The van der Waals surface area contributed by atoms with Crippen molar-refractivity contribution in [2.24, 2.45) is 0 Å². The highest BCUT2D eigenvalue weighted by atomic mass is 19.1. The quantitative estimate of drug-likeness (QED) is 0.737. The molecule has 0 aliphatic carbocycles. The molecule has 1 unspecified atom stereocenters. The fourth-order valence-electron chi connectivity index (χ4n) is 3.32. The molecule has 27 heavy (non-hydrogen) atoms. The summed E-state index contributed by atoms with van der Waals surface area (Å²) < 4.78 is 32.3. The minimum absolute atomic E-state index is 0.0953. The van der Waals surface area contributed by atoms with Crippen LogP contribution in [-0.2, 0) is 5.60 Å². The summed E-state index contributed by atoms with van der Waals surface area (Å²) in [5, 5.41) is 30.3. The zero-order chi connectivity index (χ0) is 19.6. The molecule has 3 N–H and O–H groups in total. The fourth-order valence-corrected chi connectivity index (χ4v) is 3.32. The molecule has 146 valence electrons. The number of β-amino-alcohol motifs (C(OH)–C–C–N with tert-alkyl or cyclic N) is 1. The van der Waals surface area contributed by atoms with Crippen LogP contribution in [0.3, 0.4) is 0 Å². The minimum atomic E-state index is -1.24. The fraction of sp³-hybridized carbons (Fsp3) is 0.421. The molecule has 2 heterocycles. The maximum Gasteiger partial charge on any atom is 0.212 e. The van der Waals surface area contributed by atoms with Crippen LogP contribution in [0, 0.1) is 11.6 Å². The lowest BCUT2D eigenvalue weighted by molar-refractivity contribution is -0.0349. The van der Waals surface area contributed by atoms with E-state index in [0.29, 0.717) is 43.4 Å². The molecule has 1 aromatic carbocycles. The van der Waals surface area contributed by atoms with Crippen molar-refractivity contribution in [1.82, 2.24) is 9.88 Å². The number of phenols is 1. The first-order chi connectivity index (χ1) is 12.8. The zero-order valence-electron chi connectivity index (χ0n) is 14.9. The van der Waals surface area contributed by atoms with Crippen molar-refractivity contribution in [3.8, 4) is 11.6 Å². The van der Waals surface area contributed by atoms with Crippen molar-refractivity contribution in [2.75, 3.05) is 26.7 Å². The number of benzene rings is 1. The van der Waals surface area contributed by atoms with Crippen molar-refractivity contribution in [1.29, 1.82) is 0 Å². The molecule has 1 atom stereocenters. The van der Waals surface area contributed by atoms with Gasteiger partial charge in [-0.25, -0.2) is 13.8 Å². The molecule has 0 saturated carbocycles. The molecule has 3 rings (SSSR count). The van der Waals surface area contributed by atoms with Gasteiger partial charge >= 0.3 is 0 Å². The number of rotatable bonds is 5. The first-order valence-electron chi connectivity index (χ1n) is 8.63. The van der Waals surface area contributed by atoms with Gasteiger partial charge in [-0.15, -0.1) is 0 Å². The van der Waals surface area contributed by atoms with Gasteiger partial charge in [0.05, 0.1) is 18.8 Å². The maximum absolute atomic E-state index is 13.9. The molecular weight excluding hydrogens is 358 g/mol. The number of phenolic OH excluding ortho intramolecular Hbond substituents is 1. The van der Waals surface area contributed by atoms with E-state index in [1.807, 2.05) is 4.90 Å². The Labute approximate surface area is 155 Å². The highest BCUT2D eigenvalue weighted by molar-refractivity contribution is 5.31. The van der Waals surface area contributed by atoms with E-state index in [2.05, 4.69) is 4.98 Å². The number of aliphatic hydroxyl groups is 2. The monoisotopic (exact) mass is 380 g/mol. The smallest absolute Gasteiger partial charge is 0.212 e. The summed E-state index contributed by atoms with van der Waals surface area (Å²) in [7, 11) is 1.52. The van der Waals surface area contributed by atoms with E-state index in [9.17, 15) is 24.1 Å². The maximum atomic E-state index is 13.9. The van der Waals surface area contributed by atoms with Crippen LogP contribution >= 0.6 is 0 Å². The number of hydrogen-bond acceptors (Lipinski definition) is 6. The number of piperidine rings is 1. The summed E-state index contributed by atoms with van der Waals surface area (Å²) in [5.74, 6) is -2.17. The van der Waals surface area contributed by atoms with E-state index in [1.54, 1.807) is 18.3 Å². The number of aliphatic hydroxyl groups excluding tert-OH is 1. The average Bonchev–Trinajstić information content (AvgIpc) is 2.66. The number of pyridine rings is 1. The number of hydrogen-bond donors (Lipinski definition) is 3. The van der Waals surface area contributed by atoms with Gasteiger partial charge in [0.25, 0.3) is 0 Å². The Balaban J connectivity index is 1.62. The van der Waals surface area contributed by atoms with Crippen LogP contribution in [0.2, 0.25) is 0 Å². The van der Waals surface area contributed by atoms with Gasteiger partial charge < -0.3 is 25.0 Å². The van der Waals surface area contributed by atoms with Gasteiger partial charge in [-0.1, -0.05) is 0 Å². The van der Waals surface area contributed by atoms with E-state index in [-0.39, 0.29) is 12.1 Å². The number of halogens is 2. The summed E-state index contributed by atoms with van der Waals surface area (Å²) in [6.45, 7) is 1.04. The minimum Gasteiger partial charge on any atom is -0.505 e. The van der Waals surface area contributed by atoms with Gasteiger partial charge in [-0.2, -0.15) is 0 Å². The lowest BCUT2D eigenvalue weighted by Gasteiger charge is -2.39. The number of ether oxygens (including phenoxy) is 1. The second-order valence-corrected chi connectivity index (χ2v) is 6.76. The molecule has 1 aliphatic heterocycles. The Morgan fingerprint density at radius 1 is 1.22 bits per heavy atom. The molecule has 1 saturated heterocycles. The van der Waals surface area contributed by atoms with Gasteiger partial charge in [0.2, 0.25) is 5.88 Å². The van der Waals surface area contributed by atoms with Crippen LogP contribution in [0.15, 0.2) is 30.5 Å².